The van der Waals surface area contributed by atoms with Gasteiger partial charge in [0.2, 0.25) is 0 Å². The standard InChI is InChI=1S/C7H8O4.C4H2O3/c1-2-11-7(10)5-3-4-6(8)9;5-3-1-2-4(6)7-3/h2-4H,1,5H2,(H,8,9);1-2H. The maximum atomic E-state index is 10.5. The molecule has 1 aliphatic rings. The van der Waals surface area contributed by atoms with Gasteiger partial charge in [-0.1, -0.05) is 12.7 Å². The Morgan fingerprint density at radius 2 is 1.89 bits per heavy atom. The van der Waals surface area contributed by atoms with Gasteiger partial charge in [0.1, 0.15) is 0 Å². The molecule has 0 fully saturated rings. The first kappa shape index (κ1) is 15.3. The van der Waals surface area contributed by atoms with Gasteiger partial charge >= 0.3 is 23.9 Å². The van der Waals surface area contributed by atoms with Crippen LogP contribution in [0, 0.1) is 0 Å². The zero-order valence-electron chi connectivity index (χ0n) is 9.20. The molecule has 0 unspecified atom stereocenters. The molecule has 96 valence electrons. The maximum absolute atomic E-state index is 10.5. The first-order valence-corrected chi connectivity index (χ1v) is 4.59. The number of ether oxygens (including phenoxy) is 2. The van der Waals surface area contributed by atoms with Crippen LogP contribution in [0.1, 0.15) is 6.42 Å². The number of esters is 3. The second-order valence-electron chi connectivity index (χ2n) is 2.67. The summed E-state index contributed by atoms with van der Waals surface area (Å²) in [6, 6.07) is 0. The highest BCUT2D eigenvalue weighted by Crippen LogP contribution is 1.92. The van der Waals surface area contributed by atoms with Crippen LogP contribution in [0.4, 0.5) is 0 Å². The molecule has 0 aromatic rings. The largest absolute Gasteiger partial charge is 0.478 e. The lowest BCUT2D eigenvalue weighted by Crippen LogP contribution is -1.96. The lowest BCUT2D eigenvalue weighted by atomic mass is 10.4. The molecule has 0 spiro atoms. The third-order valence-electron chi connectivity index (χ3n) is 1.32. The highest BCUT2D eigenvalue weighted by Gasteiger charge is 2.10. The Morgan fingerprint density at radius 3 is 2.22 bits per heavy atom. The Bertz CT molecular complexity index is 401. The lowest BCUT2D eigenvalue weighted by molar-refractivity contribution is -0.150. The van der Waals surface area contributed by atoms with E-state index in [0.717, 1.165) is 24.5 Å². The second-order valence-corrected chi connectivity index (χ2v) is 2.67. The summed E-state index contributed by atoms with van der Waals surface area (Å²) < 4.78 is 8.28. The highest BCUT2D eigenvalue weighted by molar-refractivity contribution is 6.04. The van der Waals surface area contributed by atoms with Crippen LogP contribution in [0.3, 0.4) is 0 Å². The molecule has 1 N–H and O–H groups in total. The Balaban J connectivity index is 0.000000351. The average Bonchev–Trinajstić information content (AvgIpc) is 2.63. The van der Waals surface area contributed by atoms with Gasteiger partial charge in [0.15, 0.2) is 0 Å². The molecule has 0 radical (unpaired) electrons. The third kappa shape index (κ3) is 8.60. The Labute approximate surface area is 102 Å². The molecule has 7 heteroatoms. The minimum Gasteiger partial charge on any atom is -0.478 e. The van der Waals surface area contributed by atoms with Crippen molar-refractivity contribution < 1.29 is 33.8 Å². The number of rotatable bonds is 4. The molecule has 0 aromatic carbocycles. The summed E-state index contributed by atoms with van der Waals surface area (Å²) in [5, 5.41) is 8.10. The van der Waals surface area contributed by atoms with E-state index < -0.39 is 23.9 Å². The molecular formula is C11H10O7. The smallest absolute Gasteiger partial charge is 0.338 e. The number of carboxylic acid groups (broad SMARTS) is 1. The predicted molar refractivity (Wildman–Crippen MR) is 57.9 cm³/mol. The van der Waals surface area contributed by atoms with E-state index in [1.54, 1.807) is 0 Å². The molecule has 0 saturated carbocycles. The SMILES string of the molecule is C=COC(=O)CC=CC(=O)O.O=C1C=CC(=O)O1. The van der Waals surface area contributed by atoms with E-state index in [9.17, 15) is 19.2 Å². The summed E-state index contributed by atoms with van der Waals surface area (Å²) in [7, 11) is 0. The predicted octanol–water partition coefficient (Wildman–Crippen LogP) is 0.330. The van der Waals surface area contributed by atoms with Gasteiger partial charge in [-0.3, -0.25) is 4.79 Å². The zero-order chi connectivity index (χ0) is 14.0. The van der Waals surface area contributed by atoms with Crippen molar-refractivity contribution in [3.8, 4) is 0 Å². The molecule has 0 bridgehead atoms. The van der Waals surface area contributed by atoms with Gasteiger partial charge in [-0.2, -0.15) is 0 Å². The highest BCUT2D eigenvalue weighted by atomic mass is 16.6. The fraction of sp³-hybridized carbons (Fsp3) is 0.0909. The molecule has 0 amide bonds. The van der Waals surface area contributed by atoms with Crippen molar-refractivity contribution in [2.75, 3.05) is 0 Å². The quantitative estimate of drug-likeness (QED) is 0.333. The normalized spacial score (nSPS) is 12.7. The van der Waals surface area contributed by atoms with Gasteiger partial charge in [-0.25, -0.2) is 14.4 Å². The van der Waals surface area contributed by atoms with Gasteiger partial charge in [0.05, 0.1) is 12.7 Å². The van der Waals surface area contributed by atoms with Crippen LogP contribution in [-0.4, -0.2) is 29.0 Å². The second kappa shape index (κ2) is 8.45. The molecule has 0 atom stereocenters. The van der Waals surface area contributed by atoms with Crippen LogP contribution >= 0.6 is 0 Å². The zero-order valence-corrected chi connectivity index (χ0v) is 9.20. The molecular weight excluding hydrogens is 244 g/mol. The van der Waals surface area contributed by atoms with Gasteiger partial charge < -0.3 is 14.6 Å². The van der Waals surface area contributed by atoms with Crippen LogP contribution in [-0.2, 0) is 28.7 Å². The summed E-state index contributed by atoms with van der Waals surface area (Å²) in [6.45, 7) is 3.16. The van der Waals surface area contributed by atoms with Crippen molar-refractivity contribution in [1.29, 1.82) is 0 Å². The monoisotopic (exact) mass is 254 g/mol. The molecule has 18 heavy (non-hydrogen) atoms. The van der Waals surface area contributed by atoms with Crippen molar-refractivity contribution in [2.45, 2.75) is 6.42 Å². The van der Waals surface area contributed by atoms with E-state index >= 15 is 0 Å². The van der Waals surface area contributed by atoms with Gasteiger partial charge in [0.25, 0.3) is 0 Å². The lowest BCUT2D eigenvalue weighted by Gasteiger charge is -1.91. The van der Waals surface area contributed by atoms with Crippen molar-refractivity contribution in [3.05, 3.63) is 37.1 Å². The summed E-state index contributed by atoms with van der Waals surface area (Å²) in [6.07, 6.45) is 5.19. The molecule has 1 aliphatic heterocycles. The first-order chi connectivity index (χ1) is 8.45. The minimum absolute atomic E-state index is 0.0572. The number of hydrogen-bond acceptors (Lipinski definition) is 6. The summed E-state index contributed by atoms with van der Waals surface area (Å²) in [5.41, 5.74) is 0. The van der Waals surface area contributed by atoms with Gasteiger partial charge in [-0.15, -0.1) is 0 Å². The fourth-order valence-electron chi connectivity index (χ4n) is 0.700. The molecule has 1 heterocycles. The maximum Gasteiger partial charge on any atom is 0.338 e. The van der Waals surface area contributed by atoms with Crippen LogP contribution < -0.4 is 0 Å². The Morgan fingerprint density at radius 1 is 1.33 bits per heavy atom. The van der Waals surface area contributed by atoms with Gasteiger partial charge in [0, 0.05) is 18.2 Å². The molecule has 0 saturated heterocycles. The van der Waals surface area contributed by atoms with Crippen molar-refractivity contribution in [2.24, 2.45) is 0 Å². The van der Waals surface area contributed by atoms with Crippen LogP contribution in [0.15, 0.2) is 37.1 Å². The van der Waals surface area contributed by atoms with Crippen molar-refractivity contribution >= 4 is 23.9 Å². The van der Waals surface area contributed by atoms with Crippen molar-refractivity contribution in [1.82, 2.24) is 0 Å². The molecule has 1 rings (SSSR count). The van der Waals surface area contributed by atoms with E-state index in [4.69, 9.17) is 5.11 Å². The topological polar surface area (TPSA) is 107 Å². The van der Waals surface area contributed by atoms with Crippen molar-refractivity contribution in [3.63, 3.8) is 0 Å². The van der Waals surface area contributed by atoms with E-state index in [2.05, 4.69) is 16.1 Å². The number of cyclic esters (lactones) is 2. The van der Waals surface area contributed by atoms with E-state index in [-0.39, 0.29) is 6.42 Å². The average molecular weight is 254 g/mol. The number of aliphatic carboxylic acids is 1. The van der Waals surface area contributed by atoms with Crippen LogP contribution in [0.25, 0.3) is 0 Å². The Hall–Kier alpha value is -2.70. The fourth-order valence-corrected chi connectivity index (χ4v) is 0.700. The molecule has 0 aliphatic carbocycles. The van der Waals surface area contributed by atoms with E-state index in [1.165, 1.54) is 6.08 Å². The Kier molecular flexibility index (Phi) is 7.18. The van der Waals surface area contributed by atoms with E-state index in [1.807, 2.05) is 0 Å². The van der Waals surface area contributed by atoms with Crippen LogP contribution in [0.2, 0.25) is 0 Å². The molecule has 0 aromatic heterocycles. The number of carbonyl (C=O) groups is 4. The summed E-state index contributed by atoms with van der Waals surface area (Å²) in [5.74, 6) is -2.77. The number of hydrogen-bond donors (Lipinski definition) is 1. The van der Waals surface area contributed by atoms with E-state index in [0.29, 0.717) is 0 Å². The molecule has 7 nitrogen and oxygen atoms in total. The van der Waals surface area contributed by atoms with Crippen LogP contribution in [0.5, 0.6) is 0 Å². The van der Waals surface area contributed by atoms with Gasteiger partial charge in [-0.05, 0) is 0 Å². The summed E-state index contributed by atoms with van der Waals surface area (Å²) in [4.78, 5) is 40.2. The number of carbonyl (C=O) groups excluding carboxylic acids is 3. The summed E-state index contributed by atoms with van der Waals surface area (Å²) >= 11 is 0. The first-order valence-electron chi connectivity index (χ1n) is 4.59. The third-order valence-corrected chi connectivity index (χ3v) is 1.32. The number of carboxylic acids is 1. The minimum atomic E-state index is -1.09.